The number of ether oxygens (including phenoxy) is 2. The molecule has 1 aliphatic heterocycles. The molecule has 9 N–H and O–H groups in total. The Balaban J connectivity index is 1.40. The zero-order chi connectivity index (χ0) is 35.4. The molecule has 0 aromatic carbocycles. The van der Waals surface area contributed by atoms with E-state index in [4.69, 9.17) is 9.47 Å². The predicted octanol–water partition coefficient (Wildman–Crippen LogP) is 0.379. The van der Waals surface area contributed by atoms with E-state index in [1.165, 1.54) is 0 Å². The van der Waals surface area contributed by atoms with Crippen molar-refractivity contribution in [2.75, 3.05) is 19.8 Å². The van der Waals surface area contributed by atoms with Crippen LogP contribution in [0.5, 0.6) is 0 Å². The molecule has 12 heteroatoms. The van der Waals surface area contributed by atoms with Crippen molar-refractivity contribution in [2.45, 2.75) is 135 Å². The van der Waals surface area contributed by atoms with Crippen LogP contribution in [0.4, 0.5) is 0 Å². The number of esters is 1. The third kappa shape index (κ3) is 4.60. The first kappa shape index (κ1) is 36.6. The van der Waals surface area contributed by atoms with Crippen molar-refractivity contribution in [3.63, 3.8) is 0 Å². The summed E-state index contributed by atoms with van der Waals surface area (Å²) in [4.78, 5) is 14.5. The van der Waals surface area contributed by atoms with E-state index in [0.29, 0.717) is 44.9 Å². The fourth-order valence-electron chi connectivity index (χ4n) is 12.4. The van der Waals surface area contributed by atoms with Crippen LogP contribution in [-0.4, -0.2) is 120 Å². The number of carbonyl (C=O) groups excluding carboxylic acids is 1. The van der Waals surface area contributed by atoms with Crippen LogP contribution in [0.15, 0.2) is 11.6 Å². The first-order valence-corrected chi connectivity index (χ1v) is 17.9. The zero-order valence-corrected chi connectivity index (χ0v) is 29.0. The van der Waals surface area contributed by atoms with E-state index in [1.807, 2.05) is 6.92 Å². The van der Waals surface area contributed by atoms with Crippen LogP contribution >= 0.6 is 0 Å². The summed E-state index contributed by atoms with van der Waals surface area (Å²) in [6.45, 7) is 8.85. The number of rotatable bonds is 5. The fraction of sp³-hybridized carbons (Fsp3) is 0.917. The van der Waals surface area contributed by atoms with Gasteiger partial charge in [0.1, 0.15) is 24.4 Å². The Kier molecular flexibility index (Phi) is 9.10. The van der Waals surface area contributed by atoms with Gasteiger partial charge in [0, 0.05) is 11.3 Å². The maximum atomic E-state index is 14.5. The lowest BCUT2D eigenvalue weighted by Crippen LogP contribution is -2.70. The van der Waals surface area contributed by atoms with E-state index in [0.717, 1.165) is 12.0 Å². The van der Waals surface area contributed by atoms with Gasteiger partial charge in [0.25, 0.3) is 0 Å². The van der Waals surface area contributed by atoms with Crippen molar-refractivity contribution in [1.29, 1.82) is 0 Å². The summed E-state index contributed by atoms with van der Waals surface area (Å²) in [7, 11) is 0. The quantitative estimate of drug-likeness (QED) is 0.142. The molecule has 6 aliphatic rings. The van der Waals surface area contributed by atoms with Gasteiger partial charge in [-0.15, -0.1) is 0 Å². The number of allylic oxidation sites excluding steroid dienone is 1. The number of carbonyl (C=O) groups is 1. The van der Waals surface area contributed by atoms with Crippen LogP contribution in [0, 0.1) is 50.7 Å². The van der Waals surface area contributed by atoms with E-state index in [2.05, 4.69) is 26.8 Å². The Morgan fingerprint density at radius 3 is 2.19 bits per heavy atom. The summed E-state index contributed by atoms with van der Waals surface area (Å²) in [6.07, 6.45) is -3.85. The molecule has 0 amide bonds. The van der Waals surface area contributed by atoms with Crippen LogP contribution in [0.3, 0.4) is 0 Å². The van der Waals surface area contributed by atoms with E-state index in [-0.39, 0.29) is 23.2 Å². The molecule has 4 saturated carbocycles. The monoisotopic (exact) mass is 682 g/mol. The van der Waals surface area contributed by atoms with Crippen LogP contribution in [0.2, 0.25) is 0 Å². The van der Waals surface area contributed by atoms with Gasteiger partial charge in [-0.2, -0.15) is 0 Å². The Labute approximate surface area is 282 Å². The number of hydrogen-bond donors (Lipinski definition) is 9. The highest BCUT2D eigenvalue weighted by atomic mass is 16.7. The Morgan fingerprint density at radius 1 is 0.896 bits per heavy atom. The van der Waals surface area contributed by atoms with Crippen LogP contribution < -0.4 is 0 Å². The molecule has 12 nitrogen and oxygen atoms in total. The standard InChI is InChI=1S/C36H58O12/c1-18-8-11-35(30(45)48-29-26(43)25(42)24(41)21(15-37)47-29)13-12-32(3)19(27(35)34(18,5)46)6-7-22-31(2)14-20(40)28(44)36(16-38,17-39)23(31)9-10-33(22,32)4/h6,18,20-29,37-44,46H,7-17H2,1-5H3/t18-,20+,21-,22+,23+,24-,25+,26-,27-,28-,29+,31-,32-,33-,34-,35+/m1/s1. The number of fused-ring (bicyclic) bond motifs is 7. The summed E-state index contributed by atoms with van der Waals surface area (Å²) in [5.74, 6) is -1.67. The van der Waals surface area contributed by atoms with Gasteiger partial charge in [-0.05, 0) is 92.3 Å². The normalized spacial score (nSPS) is 54.5. The van der Waals surface area contributed by atoms with Crippen molar-refractivity contribution >= 4 is 5.97 Å². The number of aliphatic hydroxyl groups is 9. The lowest BCUT2D eigenvalue weighted by molar-refractivity contribution is -0.299. The number of aliphatic hydroxyl groups excluding tert-OH is 8. The molecule has 0 spiro atoms. The lowest BCUT2D eigenvalue weighted by Gasteiger charge is -2.72. The maximum Gasteiger partial charge on any atom is 0.315 e. The van der Waals surface area contributed by atoms with Crippen molar-refractivity contribution in [1.82, 2.24) is 0 Å². The molecule has 6 rings (SSSR count). The highest BCUT2D eigenvalue weighted by molar-refractivity contribution is 5.79. The first-order chi connectivity index (χ1) is 22.4. The van der Waals surface area contributed by atoms with E-state index in [1.54, 1.807) is 6.92 Å². The highest BCUT2D eigenvalue weighted by Crippen LogP contribution is 2.76. The van der Waals surface area contributed by atoms with Crippen molar-refractivity contribution in [3.05, 3.63) is 11.6 Å². The minimum Gasteiger partial charge on any atom is -0.432 e. The topological polar surface area (TPSA) is 218 Å². The third-order valence-corrected chi connectivity index (χ3v) is 15.7. The molecule has 48 heavy (non-hydrogen) atoms. The second-order valence-corrected chi connectivity index (χ2v) is 17.4. The van der Waals surface area contributed by atoms with Gasteiger partial charge >= 0.3 is 5.97 Å². The number of hydrogen-bond acceptors (Lipinski definition) is 12. The minimum atomic E-state index is -1.74. The molecule has 0 aromatic rings. The highest BCUT2D eigenvalue weighted by Gasteiger charge is 2.73. The van der Waals surface area contributed by atoms with Crippen molar-refractivity contribution in [3.8, 4) is 0 Å². The van der Waals surface area contributed by atoms with Crippen LogP contribution in [-0.2, 0) is 14.3 Å². The molecule has 16 atom stereocenters. The largest absolute Gasteiger partial charge is 0.432 e. The molecular formula is C36H58O12. The second kappa shape index (κ2) is 11.9. The Bertz CT molecular complexity index is 1280. The van der Waals surface area contributed by atoms with Crippen molar-refractivity contribution in [2.24, 2.45) is 50.7 Å². The summed E-state index contributed by atoms with van der Waals surface area (Å²) in [6, 6.07) is 0. The summed E-state index contributed by atoms with van der Waals surface area (Å²) >= 11 is 0. The molecule has 1 saturated heterocycles. The summed E-state index contributed by atoms with van der Waals surface area (Å²) in [5.41, 5.74) is -4.09. The summed E-state index contributed by atoms with van der Waals surface area (Å²) < 4.78 is 11.4. The molecule has 0 unspecified atom stereocenters. The van der Waals surface area contributed by atoms with Gasteiger partial charge in [0.15, 0.2) is 0 Å². The molecule has 5 aliphatic carbocycles. The smallest absolute Gasteiger partial charge is 0.315 e. The lowest BCUT2D eigenvalue weighted by atomic mass is 9.32. The van der Waals surface area contributed by atoms with E-state index < -0.39 is 102 Å². The molecule has 5 fully saturated rings. The molecule has 274 valence electrons. The molecule has 0 bridgehead atoms. The van der Waals surface area contributed by atoms with Gasteiger partial charge in [0.05, 0.1) is 43.0 Å². The molecule has 1 heterocycles. The van der Waals surface area contributed by atoms with Gasteiger partial charge in [-0.3, -0.25) is 4.79 Å². The molecular weight excluding hydrogens is 624 g/mol. The third-order valence-electron chi connectivity index (χ3n) is 15.7. The van der Waals surface area contributed by atoms with E-state index in [9.17, 15) is 50.8 Å². The van der Waals surface area contributed by atoms with Gasteiger partial charge in [0.2, 0.25) is 6.29 Å². The SMILES string of the molecule is C[C@@H]1CC[C@]2(C(=O)O[C@@H]3O[C@H](CO)[C@@H](O)[C@H](O)[C@H]3O)CC[C@]3(C)C(=CC[C@H]4[C@@]5(C)C[C@H](O)[C@@H](O)C(CO)(CO)[C@H]5CC[C@]43C)[C@@H]2[C@]1(C)O. The minimum absolute atomic E-state index is 0.0108. The average Bonchev–Trinajstić information content (AvgIpc) is 3.04. The second-order valence-electron chi connectivity index (χ2n) is 17.4. The molecule has 0 radical (unpaired) electrons. The Hall–Kier alpha value is -1.19. The zero-order valence-electron chi connectivity index (χ0n) is 29.0. The van der Waals surface area contributed by atoms with Gasteiger partial charge in [-0.25, -0.2) is 0 Å². The van der Waals surface area contributed by atoms with Crippen molar-refractivity contribution < 1.29 is 60.2 Å². The fourth-order valence-corrected chi connectivity index (χ4v) is 12.4. The molecule has 0 aromatic heterocycles. The first-order valence-electron chi connectivity index (χ1n) is 17.9. The average molecular weight is 683 g/mol. The van der Waals surface area contributed by atoms with Crippen LogP contribution in [0.25, 0.3) is 0 Å². The van der Waals surface area contributed by atoms with Gasteiger partial charge in [-0.1, -0.05) is 39.3 Å². The van der Waals surface area contributed by atoms with E-state index >= 15 is 0 Å². The van der Waals surface area contributed by atoms with Gasteiger partial charge < -0.3 is 55.4 Å². The maximum absolute atomic E-state index is 14.5. The summed E-state index contributed by atoms with van der Waals surface area (Å²) in [5, 5.41) is 96.9. The van der Waals surface area contributed by atoms with Crippen LogP contribution in [0.1, 0.15) is 86.0 Å². The Morgan fingerprint density at radius 2 is 1.56 bits per heavy atom. The predicted molar refractivity (Wildman–Crippen MR) is 171 cm³/mol.